The molecular weight excluding hydrogens is 1000 g/mol. The highest BCUT2D eigenvalue weighted by Crippen LogP contribution is 2.48. The molecule has 0 saturated carbocycles. The van der Waals surface area contributed by atoms with Crippen molar-refractivity contribution in [1.82, 2.24) is 47.8 Å². The number of rotatable bonds is 3. The number of nitrogens with zero attached hydrogens (tertiary/aromatic N) is 10. The van der Waals surface area contributed by atoms with Crippen LogP contribution in [0.4, 0.5) is 0 Å². The van der Waals surface area contributed by atoms with Crippen molar-refractivity contribution < 1.29 is 0 Å². The second kappa shape index (κ2) is 17.5. The minimum absolute atomic E-state index is 0.109. The second-order valence-electron chi connectivity index (χ2n) is 21.8. The van der Waals surface area contributed by atoms with Gasteiger partial charge in [0.25, 0.3) is 0 Å². The molecule has 0 atom stereocenters. The van der Waals surface area contributed by atoms with E-state index in [1.807, 2.05) is 0 Å². The van der Waals surface area contributed by atoms with Crippen LogP contribution in [0.1, 0.15) is 5.82 Å². The fourth-order valence-electron chi connectivity index (χ4n) is 14.1. The fraction of sp³-hybridized carbons (Fsp3) is 0. The van der Waals surface area contributed by atoms with Gasteiger partial charge in [-0.05, 0) is 149 Å². The third kappa shape index (κ3) is 6.51. The summed E-state index contributed by atoms with van der Waals surface area (Å²) in [6, 6.07) is 64.1. The lowest BCUT2D eigenvalue weighted by atomic mass is 9.41. The zero-order chi connectivity index (χ0) is 53.6. The minimum Gasteiger partial charge on any atom is -0.423 e. The Kier molecular flexibility index (Phi) is 9.65. The maximum atomic E-state index is 5.35. The third-order valence-corrected chi connectivity index (χ3v) is 17.6. The molecule has 14 heteroatoms. The van der Waals surface area contributed by atoms with Crippen molar-refractivity contribution in [2.45, 2.75) is 0 Å². The number of benzene rings is 8. The topological polar surface area (TPSA) is 73.9 Å². The van der Waals surface area contributed by atoms with Gasteiger partial charge in [0.1, 0.15) is 6.33 Å². The molecular formula is C68H44B4N10. The first-order valence-corrected chi connectivity index (χ1v) is 28.1. The van der Waals surface area contributed by atoms with Crippen LogP contribution in [-0.2, 0) is 0 Å². The van der Waals surface area contributed by atoms with E-state index in [4.69, 9.17) is 19.9 Å². The van der Waals surface area contributed by atoms with Gasteiger partial charge in [0, 0.05) is 17.3 Å². The lowest BCUT2D eigenvalue weighted by molar-refractivity contribution is 0.622. The molecule has 82 heavy (non-hydrogen) atoms. The van der Waals surface area contributed by atoms with E-state index >= 15 is 0 Å². The Morgan fingerprint density at radius 2 is 0.878 bits per heavy atom. The van der Waals surface area contributed by atoms with Crippen LogP contribution in [0.2, 0.25) is 0 Å². The van der Waals surface area contributed by atoms with Crippen molar-refractivity contribution >= 4 is 132 Å². The summed E-state index contributed by atoms with van der Waals surface area (Å²) in [5.74, 6) is 11.3. The summed E-state index contributed by atoms with van der Waals surface area (Å²) in [5.41, 5.74) is 9.63. The van der Waals surface area contributed by atoms with E-state index in [1.54, 1.807) is 6.33 Å². The van der Waals surface area contributed by atoms with Crippen LogP contribution < -0.4 is 0 Å². The second-order valence-corrected chi connectivity index (χ2v) is 21.8. The number of hydrogen-bond acceptors (Lipinski definition) is 8. The van der Waals surface area contributed by atoms with Crippen molar-refractivity contribution in [2.75, 3.05) is 0 Å². The summed E-state index contributed by atoms with van der Waals surface area (Å²) < 4.78 is 14.4. The molecule has 0 amide bonds. The molecule has 8 aromatic carbocycles. The molecule has 11 aromatic rings. The van der Waals surface area contributed by atoms with Gasteiger partial charge < -0.3 is 18.9 Å². The molecule has 0 N–H and O–H groups in total. The predicted octanol–water partition coefficient (Wildman–Crippen LogP) is 14.4. The fourth-order valence-corrected chi connectivity index (χ4v) is 14.1. The van der Waals surface area contributed by atoms with Gasteiger partial charge in [0.15, 0.2) is 11.6 Å². The third-order valence-electron chi connectivity index (χ3n) is 17.6. The molecule has 0 radical (unpaired) electrons. The molecule has 3 aromatic heterocycles. The highest BCUT2D eigenvalue weighted by molar-refractivity contribution is 6.92. The Balaban J connectivity index is 0.779. The van der Waals surface area contributed by atoms with Crippen molar-refractivity contribution in [2.24, 2.45) is 0 Å². The Morgan fingerprint density at radius 1 is 0.366 bits per heavy atom. The molecule has 5 aliphatic heterocycles. The van der Waals surface area contributed by atoms with Crippen LogP contribution in [0.3, 0.4) is 0 Å². The summed E-state index contributed by atoms with van der Waals surface area (Å²) >= 11 is 0. The molecule has 7 aliphatic rings. The summed E-state index contributed by atoms with van der Waals surface area (Å²) in [4.78, 5) is 20.4. The normalized spacial score (nSPS) is 15.7. The molecule has 0 spiro atoms. The molecule has 10 nitrogen and oxygen atoms in total. The van der Waals surface area contributed by atoms with Gasteiger partial charge >= 0.3 is 27.9 Å². The molecule has 18 rings (SSSR count). The zero-order valence-electron chi connectivity index (χ0n) is 44.2. The Morgan fingerprint density at radius 3 is 1.55 bits per heavy atom. The van der Waals surface area contributed by atoms with E-state index in [1.165, 1.54) is 59.6 Å². The average Bonchev–Trinajstić information content (AvgIpc) is 2.01. The van der Waals surface area contributed by atoms with Gasteiger partial charge in [-0.3, -0.25) is 8.97 Å². The molecule has 2 aliphatic carbocycles. The van der Waals surface area contributed by atoms with Gasteiger partial charge in [-0.25, -0.2) is 19.9 Å². The zero-order valence-corrected chi connectivity index (χ0v) is 44.2. The highest BCUT2D eigenvalue weighted by atomic mass is 15.3. The number of hydrogen-bond donors (Lipinski definition) is 0. The quantitative estimate of drug-likeness (QED) is 0.162. The molecule has 1 saturated heterocycles. The van der Waals surface area contributed by atoms with E-state index in [2.05, 4.69) is 289 Å². The summed E-state index contributed by atoms with van der Waals surface area (Å²) in [5, 5.41) is 14.4. The Bertz CT molecular complexity index is 5220. The maximum Gasteiger partial charge on any atom is 0.381 e. The molecule has 378 valence electrons. The molecule has 1 fully saturated rings. The summed E-state index contributed by atoms with van der Waals surface area (Å²) in [6.07, 6.45) is 23.7. The van der Waals surface area contributed by atoms with Crippen LogP contribution in [0.15, 0.2) is 267 Å². The van der Waals surface area contributed by atoms with Crippen molar-refractivity contribution in [3.63, 3.8) is 0 Å². The van der Waals surface area contributed by atoms with Crippen LogP contribution in [-0.4, -0.2) is 75.7 Å². The smallest absolute Gasteiger partial charge is 0.381 e. The van der Waals surface area contributed by atoms with E-state index in [9.17, 15) is 0 Å². The first-order valence-electron chi connectivity index (χ1n) is 28.1. The van der Waals surface area contributed by atoms with Crippen molar-refractivity contribution in [3.8, 4) is 22.5 Å². The van der Waals surface area contributed by atoms with Crippen LogP contribution in [0.25, 0.3) is 126 Å². The lowest BCUT2D eigenvalue weighted by Crippen LogP contribution is -2.73. The number of fused-ring (bicyclic) bond motifs is 23. The Labute approximate surface area is 472 Å². The molecule has 0 bridgehead atoms. The highest BCUT2D eigenvalue weighted by Gasteiger charge is 2.50. The van der Waals surface area contributed by atoms with Gasteiger partial charge in [0.05, 0.1) is 27.8 Å². The van der Waals surface area contributed by atoms with Crippen LogP contribution in [0, 0.1) is 0 Å². The number of imidazole rings is 2. The Hall–Kier alpha value is -10.6. The summed E-state index contributed by atoms with van der Waals surface area (Å²) in [6.45, 7) is -0.613. The van der Waals surface area contributed by atoms with Gasteiger partial charge in [-0.15, -0.1) is 0 Å². The molecule has 8 heterocycles. The molecule has 0 unspecified atom stereocenters. The van der Waals surface area contributed by atoms with Gasteiger partial charge in [0.2, 0.25) is 5.78 Å². The predicted molar refractivity (Wildman–Crippen MR) is 341 cm³/mol. The monoisotopic (exact) mass is 1040 g/mol. The van der Waals surface area contributed by atoms with E-state index in [0.717, 1.165) is 60.8 Å². The minimum atomic E-state index is -0.224. The first kappa shape index (κ1) is 45.3. The van der Waals surface area contributed by atoms with Crippen molar-refractivity contribution in [1.29, 1.82) is 0 Å². The van der Waals surface area contributed by atoms with Crippen LogP contribution >= 0.6 is 0 Å². The average molecular weight is 1040 g/mol. The summed E-state index contributed by atoms with van der Waals surface area (Å²) in [7, 11) is 0. The van der Waals surface area contributed by atoms with E-state index < -0.39 is 0 Å². The SMILES string of the molecule is C1=CB2N3C=CC(c4ncnc(-c5ccc6c7cccc8c7-c7c(cccc7c7ccccc7c6c5)c5ccccc5c5ccccc85)n4)=CB3N3C=CC=CB3N3C=C(n4c5ccccc5n5c6ccccc6nc45)C=CB3N2C=C1. The van der Waals surface area contributed by atoms with Gasteiger partial charge in [-0.1, -0.05) is 182 Å². The number of allylic oxidation sites excluding steroid dienone is 8. The van der Waals surface area contributed by atoms with Crippen molar-refractivity contribution in [3.05, 3.63) is 273 Å². The first-order chi connectivity index (χ1) is 40.7. The number of para-hydroxylation sites is 4. The van der Waals surface area contributed by atoms with E-state index in [-0.39, 0.29) is 27.9 Å². The number of aromatic nitrogens is 6. The maximum absolute atomic E-state index is 5.35. The van der Waals surface area contributed by atoms with Gasteiger partial charge in [-0.2, -0.15) is 0 Å². The largest absolute Gasteiger partial charge is 0.423 e. The van der Waals surface area contributed by atoms with Crippen LogP contribution in [0.5, 0.6) is 0 Å². The van der Waals surface area contributed by atoms with E-state index in [0.29, 0.717) is 11.6 Å². The standard InChI is InChI=1S/C68H44B4N10/c1-3-19-50-48(17-1)49-18-2-4-20-51(49)56-24-16-26-58-54-32-31-45(41-59(54)53-22-6-5-21-52(53)57-25-15-23-55(50)64(57)65(56)58)66-73-44-74-67(76-66)46-34-40-79-69-35-11-13-38-77(69)71-37-33-47(43-80(71)70-36-12-14-39-78(70)72(79)42-46)81-62-29-9-10-30-63(62)82-61-28-8-7-27-60(61)75-68(81)82/h1-44H. The lowest BCUT2D eigenvalue weighted by Gasteiger charge is -2.53.